The smallest absolute Gasteiger partial charge is 0.242 e. The number of ether oxygens (including phenoxy) is 1. The van der Waals surface area contributed by atoms with Crippen LogP contribution in [0.5, 0.6) is 5.75 Å². The Balaban J connectivity index is 1.79. The molecule has 5 rings (SSSR count). The van der Waals surface area contributed by atoms with Crippen molar-refractivity contribution in [3.63, 3.8) is 0 Å². The highest BCUT2D eigenvalue weighted by Crippen LogP contribution is 2.42. The molecule has 3 aromatic carbocycles. The van der Waals surface area contributed by atoms with Crippen LogP contribution in [-0.2, 0) is 26.4 Å². The maximum absolute atomic E-state index is 14.1. The molecule has 1 atom stereocenters. The second-order valence-corrected chi connectivity index (χ2v) is 14.1. The fraction of sp³-hybridized carbons (Fsp3) is 0.200. The second kappa shape index (κ2) is 11.1. The molecule has 0 amide bonds. The fourth-order valence-electron chi connectivity index (χ4n) is 4.29. The molecule has 0 unspecified atom stereocenters. The number of nitrogens with one attached hydrogen (secondary N) is 2. The van der Waals surface area contributed by atoms with Crippen molar-refractivity contribution in [1.29, 1.82) is 0 Å². The number of H-pyrrole nitrogens is 1. The van der Waals surface area contributed by atoms with E-state index in [2.05, 4.69) is 30.3 Å². The van der Waals surface area contributed by atoms with Gasteiger partial charge in [0.05, 0.1) is 33.0 Å². The predicted molar refractivity (Wildman–Crippen MR) is 155 cm³/mol. The number of para-hydroxylation sites is 1. The van der Waals surface area contributed by atoms with Crippen LogP contribution in [0.15, 0.2) is 64.4 Å². The van der Waals surface area contributed by atoms with Crippen molar-refractivity contribution in [2.24, 2.45) is 5.73 Å². The van der Waals surface area contributed by atoms with Crippen LogP contribution in [-0.4, -0.2) is 61.3 Å². The van der Waals surface area contributed by atoms with Gasteiger partial charge in [-0.15, -0.1) is 10.2 Å². The van der Waals surface area contributed by atoms with E-state index in [4.69, 9.17) is 16.2 Å². The zero-order valence-corrected chi connectivity index (χ0v) is 24.3. The summed E-state index contributed by atoms with van der Waals surface area (Å²) < 4.78 is 64.1. The minimum atomic E-state index is -4.53. The van der Waals surface area contributed by atoms with E-state index in [1.165, 1.54) is 37.5 Å². The van der Waals surface area contributed by atoms with Crippen molar-refractivity contribution in [2.45, 2.75) is 28.5 Å². The lowest BCUT2D eigenvalue weighted by Crippen LogP contribution is -2.31. The first-order chi connectivity index (χ1) is 19.6. The van der Waals surface area contributed by atoms with Gasteiger partial charge in [0.25, 0.3) is 0 Å². The standard InChI is InChI=1S/C25H26N8O5S3/c1-14(12-26)40(34,35)20-11-10-17(18-4-3-5-19-22(18)29-25(27)39-19)21(24-30-32-33-31-24)23(20)41(36,37)28-13-15-6-8-16(38-2)9-7-15/h3-11,14,28H,12-13,26H2,1-2H3,(H2,27,29)(H,30,31,32,33)/t14-/m1/s1. The van der Waals surface area contributed by atoms with Gasteiger partial charge < -0.3 is 16.2 Å². The van der Waals surface area contributed by atoms with Crippen LogP contribution in [0.4, 0.5) is 5.13 Å². The minimum absolute atomic E-state index is 0.0645. The molecule has 0 aliphatic heterocycles. The molecule has 5 aromatic rings. The number of fused-ring (bicyclic) bond motifs is 1. The molecule has 2 heterocycles. The molecule has 16 heteroatoms. The molecule has 2 aromatic heterocycles. The Morgan fingerprint density at radius 1 is 1.05 bits per heavy atom. The number of hydrogen-bond donors (Lipinski definition) is 4. The molecule has 0 aliphatic rings. The van der Waals surface area contributed by atoms with E-state index in [9.17, 15) is 16.8 Å². The van der Waals surface area contributed by atoms with Crippen LogP contribution < -0.4 is 20.9 Å². The number of rotatable bonds is 10. The van der Waals surface area contributed by atoms with E-state index in [0.29, 0.717) is 33.1 Å². The van der Waals surface area contributed by atoms with E-state index in [-0.39, 0.29) is 24.5 Å². The van der Waals surface area contributed by atoms with E-state index < -0.39 is 34.9 Å². The first-order valence-corrected chi connectivity index (χ1v) is 16.0. The maximum Gasteiger partial charge on any atom is 0.242 e. The molecule has 214 valence electrons. The molecule has 6 N–H and O–H groups in total. The van der Waals surface area contributed by atoms with Crippen LogP contribution in [0, 0.1) is 0 Å². The highest BCUT2D eigenvalue weighted by Gasteiger charge is 2.36. The number of aromatic amines is 1. The van der Waals surface area contributed by atoms with Crippen LogP contribution in [0.3, 0.4) is 0 Å². The number of benzene rings is 3. The van der Waals surface area contributed by atoms with E-state index in [1.54, 1.807) is 36.4 Å². The summed E-state index contributed by atoms with van der Waals surface area (Å²) in [5, 5.41) is 13.3. The number of tetrazole rings is 1. The molecular weight excluding hydrogens is 589 g/mol. The van der Waals surface area contributed by atoms with Crippen molar-refractivity contribution in [2.75, 3.05) is 19.4 Å². The lowest BCUT2D eigenvalue weighted by atomic mass is 9.98. The third kappa shape index (κ3) is 5.39. The molecule has 0 bridgehead atoms. The first kappa shape index (κ1) is 28.6. The molecule has 0 saturated heterocycles. The van der Waals surface area contributed by atoms with Crippen LogP contribution in [0.1, 0.15) is 12.5 Å². The van der Waals surface area contributed by atoms with Gasteiger partial charge >= 0.3 is 0 Å². The molecule has 41 heavy (non-hydrogen) atoms. The van der Waals surface area contributed by atoms with Gasteiger partial charge in [0.1, 0.15) is 10.6 Å². The highest BCUT2D eigenvalue weighted by molar-refractivity contribution is 7.94. The monoisotopic (exact) mass is 614 g/mol. The number of thiazole rings is 1. The molecule has 13 nitrogen and oxygen atoms in total. The van der Waals surface area contributed by atoms with Crippen LogP contribution in [0.25, 0.3) is 32.7 Å². The van der Waals surface area contributed by atoms with Gasteiger partial charge in [-0.05, 0) is 47.5 Å². The Labute approximate surface area is 239 Å². The number of sulfone groups is 1. The molecule has 0 fully saturated rings. The summed E-state index contributed by atoms with van der Waals surface area (Å²) in [6.07, 6.45) is 0. The second-order valence-electron chi connectivity index (χ2n) is 9.02. The van der Waals surface area contributed by atoms with Gasteiger partial charge in [-0.3, -0.25) is 0 Å². The lowest BCUT2D eigenvalue weighted by Gasteiger charge is -2.20. The summed E-state index contributed by atoms with van der Waals surface area (Å²) >= 11 is 1.26. The van der Waals surface area contributed by atoms with E-state index in [0.717, 1.165) is 4.70 Å². The summed E-state index contributed by atoms with van der Waals surface area (Å²) in [7, 11) is -7.23. The summed E-state index contributed by atoms with van der Waals surface area (Å²) in [5.41, 5.74) is 13.6. The van der Waals surface area contributed by atoms with Gasteiger partial charge in [-0.2, -0.15) is 5.21 Å². The third-order valence-electron chi connectivity index (χ3n) is 6.48. The highest BCUT2D eigenvalue weighted by atomic mass is 32.2. The average Bonchev–Trinajstić information content (AvgIpc) is 3.64. The van der Waals surface area contributed by atoms with Gasteiger partial charge in [0, 0.05) is 18.7 Å². The zero-order chi connectivity index (χ0) is 29.4. The van der Waals surface area contributed by atoms with E-state index >= 15 is 0 Å². The number of methoxy groups -OCH3 is 1. The summed E-state index contributed by atoms with van der Waals surface area (Å²) in [6, 6.07) is 14.9. The molecule has 0 radical (unpaired) electrons. The van der Waals surface area contributed by atoms with Gasteiger partial charge in [0.2, 0.25) is 15.8 Å². The van der Waals surface area contributed by atoms with E-state index in [1.807, 2.05) is 6.07 Å². The molecule has 0 saturated carbocycles. The Morgan fingerprint density at radius 2 is 1.80 bits per heavy atom. The molecular formula is C25H26N8O5S3. The van der Waals surface area contributed by atoms with Crippen molar-refractivity contribution < 1.29 is 21.6 Å². The fourth-order valence-corrected chi connectivity index (χ4v) is 8.34. The topological polar surface area (TPSA) is 209 Å². The van der Waals surface area contributed by atoms with Gasteiger partial charge in [-0.25, -0.2) is 26.5 Å². The van der Waals surface area contributed by atoms with Crippen LogP contribution in [0.2, 0.25) is 0 Å². The first-order valence-electron chi connectivity index (χ1n) is 12.2. The molecule has 0 spiro atoms. The number of hydrogen-bond acceptors (Lipinski definition) is 12. The molecule has 0 aliphatic carbocycles. The lowest BCUT2D eigenvalue weighted by molar-refractivity contribution is 0.414. The number of nitrogens with zero attached hydrogens (tertiary/aromatic N) is 4. The zero-order valence-electron chi connectivity index (χ0n) is 21.9. The number of anilines is 1. The predicted octanol–water partition coefficient (Wildman–Crippen LogP) is 2.33. The van der Waals surface area contributed by atoms with Crippen LogP contribution >= 0.6 is 11.3 Å². The number of nitrogen functional groups attached to an aromatic ring is 1. The minimum Gasteiger partial charge on any atom is -0.497 e. The van der Waals surface area contributed by atoms with Crippen molar-refractivity contribution in [3.8, 4) is 28.3 Å². The summed E-state index contributed by atoms with van der Waals surface area (Å²) in [4.78, 5) is 3.47. The maximum atomic E-state index is 14.1. The van der Waals surface area contributed by atoms with Crippen molar-refractivity contribution in [3.05, 3.63) is 60.2 Å². The SMILES string of the molecule is COc1ccc(CNS(=O)(=O)c2c(S(=O)(=O)[C@H](C)CN)ccc(-c3cccc4sc(N)nc34)c2-c2nn[nH]n2)cc1. The van der Waals surface area contributed by atoms with Crippen molar-refractivity contribution in [1.82, 2.24) is 30.3 Å². The number of sulfonamides is 1. The summed E-state index contributed by atoms with van der Waals surface area (Å²) in [6.45, 7) is 1.06. The van der Waals surface area contributed by atoms with Gasteiger partial charge in [0.15, 0.2) is 15.0 Å². The number of nitrogens with two attached hydrogens (primary N) is 2. The summed E-state index contributed by atoms with van der Waals surface area (Å²) in [5.74, 6) is 0.479. The largest absolute Gasteiger partial charge is 0.497 e. The Kier molecular flexibility index (Phi) is 7.76. The Hall–Kier alpha value is -3.96. The normalized spacial score (nSPS) is 13.0. The average molecular weight is 615 g/mol. The van der Waals surface area contributed by atoms with Crippen molar-refractivity contribution >= 4 is 46.5 Å². The quantitative estimate of drug-likeness (QED) is 0.179. The number of aromatic nitrogens is 5. The third-order valence-corrected chi connectivity index (χ3v) is 11.1. The van der Waals surface area contributed by atoms with Gasteiger partial charge in [-0.1, -0.05) is 41.7 Å². The Bertz CT molecular complexity index is 1920. The Morgan fingerprint density at radius 3 is 2.46 bits per heavy atom.